The number of esters is 1. The van der Waals surface area contributed by atoms with Crippen LogP contribution in [0.2, 0.25) is 0 Å². The Labute approximate surface area is 203 Å². The summed E-state index contributed by atoms with van der Waals surface area (Å²) in [6.07, 6.45) is 1.75. The second-order valence-corrected chi connectivity index (χ2v) is 9.10. The summed E-state index contributed by atoms with van der Waals surface area (Å²) in [6.45, 7) is 8.21. The van der Waals surface area contributed by atoms with Crippen molar-refractivity contribution in [2.24, 2.45) is 0 Å². The molecule has 2 aromatic rings. The van der Waals surface area contributed by atoms with Gasteiger partial charge in [-0.3, -0.25) is 9.69 Å². The Kier molecular flexibility index (Phi) is 8.52. The minimum atomic E-state index is -0.939. The van der Waals surface area contributed by atoms with Crippen LogP contribution < -0.4 is 9.47 Å². The second kappa shape index (κ2) is 11.3. The van der Waals surface area contributed by atoms with E-state index in [1.807, 2.05) is 57.2 Å². The van der Waals surface area contributed by atoms with Gasteiger partial charge in [0.15, 0.2) is 17.5 Å². The Morgan fingerprint density at radius 3 is 2.45 bits per heavy atom. The number of carbonyl (C=O) groups is 2. The van der Waals surface area contributed by atoms with Gasteiger partial charge in [0.1, 0.15) is 4.32 Å². The number of amides is 1. The standard InChI is InChI=1S/C25H27NO5S2/c1-5-29-20-14-17(12-13-19(20)31-16(3)4)15-21-23(27)26(25(32)33-21)22(24(28)30-6-2)18-10-8-7-9-11-18/h7-16,22H,5-6H2,1-4H3/b21-15-. The summed E-state index contributed by atoms with van der Waals surface area (Å²) in [4.78, 5) is 27.9. The van der Waals surface area contributed by atoms with Gasteiger partial charge in [0.05, 0.1) is 24.2 Å². The number of benzene rings is 2. The normalized spacial score (nSPS) is 15.8. The Bertz CT molecular complexity index is 1050. The van der Waals surface area contributed by atoms with E-state index in [2.05, 4.69) is 0 Å². The first-order valence-corrected chi connectivity index (χ1v) is 12.0. The SMILES string of the molecule is CCOC(=O)C(c1ccccc1)N1C(=O)/C(=C/c2ccc(OC(C)C)c(OCC)c2)SC1=S. The Morgan fingerprint density at radius 2 is 1.82 bits per heavy atom. The number of carbonyl (C=O) groups excluding carboxylic acids is 2. The van der Waals surface area contributed by atoms with Gasteiger partial charge in [-0.15, -0.1) is 0 Å². The van der Waals surface area contributed by atoms with E-state index in [1.165, 1.54) is 4.90 Å². The minimum absolute atomic E-state index is 0.00380. The molecule has 1 unspecified atom stereocenters. The Balaban J connectivity index is 1.94. The van der Waals surface area contributed by atoms with Crippen molar-refractivity contribution >= 4 is 46.3 Å². The summed E-state index contributed by atoms with van der Waals surface area (Å²) in [5.41, 5.74) is 1.41. The monoisotopic (exact) mass is 485 g/mol. The van der Waals surface area contributed by atoms with Crippen molar-refractivity contribution in [3.8, 4) is 11.5 Å². The lowest BCUT2D eigenvalue weighted by atomic mass is 10.1. The molecule has 0 aliphatic carbocycles. The smallest absolute Gasteiger partial charge is 0.333 e. The molecule has 1 saturated heterocycles. The van der Waals surface area contributed by atoms with E-state index in [0.29, 0.717) is 32.9 Å². The van der Waals surface area contributed by atoms with Gasteiger partial charge in [0.25, 0.3) is 5.91 Å². The van der Waals surface area contributed by atoms with E-state index in [-0.39, 0.29) is 18.6 Å². The fourth-order valence-corrected chi connectivity index (χ4v) is 4.65. The molecule has 174 valence electrons. The molecule has 0 radical (unpaired) electrons. The van der Waals surface area contributed by atoms with Crippen LogP contribution in [-0.4, -0.2) is 40.4 Å². The predicted molar refractivity (Wildman–Crippen MR) is 134 cm³/mol. The molecule has 2 aromatic carbocycles. The largest absolute Gasteiger partial charge is 0.490 e. The van der Waals surface area contributed by atoms with Crippen molar-refractivity contribution in [3.05, 3.63) is 64.6 Å². The predicted octanol–water partition coefficient (Wildman–Crippen LogP) is 5.38. The number of thioether (sulfide) groups is 1. The zero-order valence-electron chi connectivity index (χ0n) is 19.1. The molecule has 1 heterocycles. The lowest BCUT2D eigenvalue weighted by molar-refractivity contribution is -0.151. The topological polar surface area (TPSA) is 65.1 Å². The summed E-state index contributed by atoms with van der Waals surface area (Å²) in [7, 11) is 0. The van der Waals surface area contributed by atoms with Gasteiger partial charge in [-0.1, -0.05) is 60.4 Å². The van der Waals surface area contributed by atoms with Gasteiger partial charge in [-0.25, -0.2) is 4.79 Å². The number of thiocarbonyl (C=S) groups is 1. The van der Waals surface area contributed by atoms with Crippen molar-refractivity contribution in [2.75, 3.05) is 13.2 Å². The van der Waals surface area contributed by atoms with Crippen LogP contribution in [0.4, 0.5) is 0 Å². The van der Waals surface area contributed by atoms with E-state index in [4.69, 9.17) is 26.4 Å². The van der Waals surface area contributed by atoms with Gasteiger partial charge >= 0.3 is 5.97 Å². The molecule has 1 fully saturated rings. The van der Waals surface area contributed by atoms with Crippen molar-refractivity contribution in [3.63, 3.8) is 0 Å². The van der Waals surface area contributed by atoms with E-state index >= 15 is 0 Å². The molecule has 8 heteroatoms. The van der Waals surface area contributed by atoms with Crippen LogP contribution >= 0.6 is 24.0 Å². The molecule has 1 aliphatic rings. The fraction of sp³-hybridized carbons (Fsp3) is 0.320. The molecule has 0 saturated carbocycles. The van der Waals surface area contributed by atoms with Crippen LogP contribution in [0.25, 0.3) is 6.08 Å². The summed E-state index contributed by atoms with van der Waals surface area (Å²) in [5.74, 6) is 0.384. The van der Waals surface area contributed by atoms with Crippen LogP contribution in [0, 0.1) is 0 Å². The van der Waals surface area contributed by atoms with Crippen LogP contribution in [-0.2, 0) is 14.3 Å². The summed E-state index contributed by atoms with van der Waals surface area (Å²) in [6, 6.07) is 13.6. The second-order valence-electron chi connectivity index (χ2n) is 7.42. The van der Waals surface area contributed by atoms with Gasteiger partial charge in [0.2, 0.25) is 0 Å². The Morgan fingerprint density at radius 1 is 1.09 bits per heavy atom. The summed E-state index contributed by atoms with van der Waals surface area (Å²) in [5, 5.41) is 0. The molecule has 0 bridgehead atoms. The number of hydrogen-bond donors (Lipinski definition) is 0. The third kappa shape index (κ3) is 5.94. The van der Waals surface area contributed by atoms with E-state index in [0.717, 1.165) is 17.3 Å². The van der Waals surface area contributed by atoms with E-state index in [9.17, 15) is 9.59 Å². The van der Waals surface area contributed by atoms with Crippen LogP contribution in [0.15, 0.2) is 53.4 Å². The van der Waals surface area contributed by atoms with Gasteiger partial charge in [-0.05, 0) is 57.0 Å². The van der Waals surface area contributed by atoms with Gasteiger partial charge in [0, 0.05) is 0 Å². The highest BCUT2D eigenvalue weighted by atomic mass is 32.2. The van der Waals surface area contributed by atoms with E-state index < -0.39 is 12.0 Å². The highest BCUT2D eigenvalue weighted by molar-refractivity contribution is 8.26. The first-order chi connectivity index (χ1) is 15.8. The van der Waals surface area contributed by atoms with Crippen LogP contribution in [0.1, 0.15) is 44.9 Å². The van der Waals surface area contributed by atoms with Crippen molar-refractivity contribution in [2.45, 2.75) is 39.8 Å². The molecule has 6 nitrogen and oxygen atoms in total. The minimum Gasteiger partial charge on any atom is -0.490 e. The lowest BCUT2D eigenvalue weighted by Gasteiger charge is -2.25. The van der Waals surface area contributed by atoms with Gasteiger partial charge < -0.3 is 14.2 Å². The van der Waals surface area contributed by atoms with Crippen molar-refractivity contribution in [1.82, 2.24) is 4.90 Å². The maximum atomic E-state index is 13.4. The highest BCUT2D eigenvalue weighted by Crippen LogP contribution is 2.39. The summed E-state index contributed by atoms with van der Waals surface area (Å²) >= 11 is 6.66. The average molecular weight is 486 g/mol. The van der Waals surface area contributed by atoms with E-state index in [1.54, 1.807) is 25.1 Å². The zero-order valence-corrected chi connectivity index (χ0v) is 20.7. The maximum Gasteiger partial charge on any atom is 0.333 e. The molecule has 0 spiro atoms. The Hall–Kier alpha value is -2.84. The quantitative estimate of drug-likeness (QED) is 0.268. The number of rotatable bonds is 9. The molecule has 33 heavy (non-hydrogen) atoms. The molecular weight excluding hydrogens is 458 g/mol. The third-order valence-corrected chi connectivity index (χ3v) is 5.97. The fourth-order valence-electron chi connectivity index (χ4n) is 3.33. The first kappa shape index (κ1) is 24.8. The summed E-state index contributed by atoms with van der Waals surface area (Å²) < 4.78 is 17.1. The molecular formula is C25H27NO5S2. The highest BCUT2D eigenvalue weighted by Gasteiger charge is 2.42. The number of hydrogen-bond acceptors (Lipinski definition) is 7. The van der Waals surface area contributed by atoms with Crippen LogP contribution in [0.3, 0.4) is 0 Å². The molecule has 0 N–H and O–H groups in total. The molecule has 1 aliphatic heterocycles. The number of nitrogens with zero attached hydrogens (tertiary/aromatic N) is 1. The van der Waals surface area contributed by atoms with Crippen molar-refractivity contribution < 1.29 is 23.8 Å². The molecule has 3 rings (SSSR count). The molecule has 1 amide bonds. The molecule has 0 aromatic heterocycles. The third-order valence-electron chi connectivity index (χ3n) is 4.63. The molecule has 1 atom stereocenters. The lowest BCUT2D eigenvalue weighted by Crippen LogP contribution is -2.38. The van der Waals surface area contributed by atoms with Gasteiger partial charge in [-0.2, -0.15) is 0 Å². The first-order valence-electron chi connectivity index (χ1n) is 10.8. The maximum absolute atomic E-state index is 13.4. The van der Waals surface area contributed by atoms with Crippen molar-refractivity contribution in [1.29, 1.82) is 0 Å². The zero-order chi connectivity index (χ0) is 24.0. The van der Waals surface area contributed by atoms with Crippen LogP contribution in [0.5, 0.6) is 11.5 Å². The number of ether oxygens (including phenoxy) is 3. The average Bonchev–Trinajstić information content (AvgIpc) is 3.04.